The molecule has 2 fully saturated rings. The molecule has 0 bridgehead atoms. The fourth-order valence-electron chi connectivity index (χ4n) is 3.37. The van der Waals surface area contributed by atoms with Gasteiger partial charge in [0.05, 0.1) is 0 Å². The Balaban J connectivity index is 1.89. The molecule has 3 rings (SSSR count). The summed E-state index contributed by atoms with van der Waals surface area (Å²) in [5.41, 5.74) is 2.08. The highest BCUT2D eigenvalue weighted by Gasteiger charge is 2.45. The molecule has 1 heterocycles. The van der Waals surface area contributed by atoms with E-state index in [4.69, 9.17) is 11.6 Å². The lowest BCUT2D eigenvalue weighted by Gasteiger charge is -2.51. The summed E-state index contributed by atoms with van der Waals surface area (Å²) in [6.07, 6.45) is 5.61. The number of rotatable bonds is 1. The van der Waals surface area contributed by atoms with Crippen LogP contribution in [0.4, 0.5) is 0 Å². The maximum atomic E-state index is 5.95. The molecule has 1 N–H and O–H groups in total. The van der Waals surface area contributed by atoms with Gasteiger partial charge in [-0.1, -0.05) is 30.2 Å². The Morgan fingerprint density at radius 1 is 1.12 bits per heavy atom. The minimum atomic E-state index is 0.610. The largest absolute Gasteiger partial charge is 0.316 e. The van der Waals surface area contributed by atoms with E-state index in [0.29, 0.717) is 11.3 Å². The van der Waals surface area contributed by atoms with Crippen molar-refractivity contribution in [2.75, 3.05) is 13.1 Å². The average Bonchev–Trinajstić information content (AvgIpc) is 2.28. The van der Waals surface area contributed by atoms with Crippen LogP contribution in [0.25, 0.3) is 0 Å². The summed E-state index contributed by atoms with van der Waals surface area (Å²) in [5.74, 6) is 0.701. The Bertz CT molecular complexity index is 367. The van der Waals surface area contributed by atoms with Crippen molar-refractivity contribution in [3.8, 4) is 0 Å². The number of hydrogen-bond acceptors (Lipinski definition) is 1. The van der Waals surface area contributed by atoms with Crippen LogP contribution in [-0.2, 0) is 0 Å². The maximum Gasteiger partial charge on any atom is 0.0406 e. The smallest absolute Gasteiger partial charge is 0.0406 e. The summed E-state index contributed by atoms with van der Waals surface area (Å²) in [7, 11) is 0. The van der Waals surface area contributed by atoms with E-state index in [-0.39, 0.29) is 0 Å². The van der Waals surface area contributed by atoms with Crippen molar-refractivity contribution in [1.29, 1.82) is 0 Å². The quantitative estimate of drug-likeness (QED) is 0.785. The highest BCUT2D eigenvalue weighted by atomic mass is 35.5. The number of halogens is 1. The van der Waals surface area contributed by atoms with E-state index in [2.05, 4.69) is 17.4 Å². The lowest BCUT2D eigenvalue weighted by molar-refractivity contribution is 0.0581. The van der Waals surface area contributed by atoms with Crippen molar-refractivity contribution in [2.45, 2.75) is 31.6 Å². The summed E-state index contributed by atoms with van der Waals surface area (Å²) >= 11 is 5.95. The van der Waals surface area contributed by atoms with Crippen LogP contribution >= 0.6 is 11.6 Å². The Kier molecular flexibility index (Phi) is 2.68. The second-order valence-corrected chi connectivity index (χ2v) is 5.71. The van der Waals surface area contributed by atoms with Gasteiger partial charge in [0.2, 0.25) is 0 Å². The molecule has 0 radical (unpaired) electrons. The van der Waals surface area contributed by atoms with E-state index < -0.39 is 0 Å². The van der Waals surface area contributed by atoms with Gasteiger partial charge in [0, 0.05) is 17.5 Å². The average molecular weight is 236 g/mol. The zero-order chi connectivity index (χ0) is 11.0. The van der Waals surface area contributed by atoms with Gasteiger partial charge in [0.1, 0.15) is 0 Å². The number of piperidine rings is 1. The summed E-state index contributed by atoms with van der Waals surface area (Å²) in [6.45, 7) is 2.34. The molecule has 1 saturated carbocycles. The molecule has 0 amide bonds. The molecule has 2 heteroatoms. The normalized spacial score (nSPS) is 27.7. The molecule has 16 heavy (non-hydrogen) atoms. The Morgan fingerprint density at radius 3 is 2.50 bits per heavy atom. The van der Waals surface area contributed by atoms with Crippen LogP contribution < -0.4 is 5.32 Å². The lowest BCUT2D eigenvalue weighted by atomic mass is 9.56. The van der Waals surface area contributed by atoms with Gasteiger partial charge in [0.15, 0.2) is 0 Å². The third kappa shape index (κ3) is 1.66. The second-order valence-electron chi connectivity index (χ2n) is 5.27. The van der Waals surface area contributed by atoms with E-state index in [1.165, 1.54) is 37.8 Å². The van der Waals surface area contributed by atoms with Crippen LogP contribution in [0.3, 0.4) is 0 Å². The zero-order valence-electron chi connectivity index (χ0n) is 9.51. The molecular formula is C14H18ClN. The first kappa shape index (κ1) is 10.6. The molecular weight excluding hydrogens is 218 g/mol. The molecule has 86 valence electrons. The number of hydrogen-bond donors (Lipinski definition) is 1. The second kappa shape index (κ2) is 4.05. The first-order valence-electron chi connectivity index (χ1n) is 6.26. The van der Waals surface area contributed by atoms with Crippen molar-refractivity contribution >= 4 is 11.6 Å². The summed E-state index contributed by atoms with van der Waals surface area (Å²) < 4.78 is 0. The van der Waals surface area contributed by atoms with Crippen molar-refractivity contribution in [3.63, 3.8) is 0 Å². The molecule has 1 atom stereocenters. The van der Waals surface area contributed by atoms with Crippen molar-refractivity contribution in [3.05, 3.63) is 34.9 Å². The van der Waals surface area contributed by atoms with Crippen molar-refractivity contribution < 1.29 is 0 Å². The van der Waals surface area contributed by atoms with Crippen LogP contribution in [0, 0.1) is 5.41 Å². The fourth-order valence-corrected chi connectivity index (χ4v) is 3.50. The molecule has 1 saturated heterocycles. The van der Waals surface area contributed by atoms with Crippen molar-refractivity contribution in [1.82, 2.24) is 5.32 Å². The molecule has 1 aliphatic carbocycles. The van der Waals surface area contributed by atoms with Crippen LogP contribution in [0.1, 0.15) is 37.2 Å². The Hall–Kier alpha value is -0.530. The topological polar surface area (TPSA) is 12.0 Å². The first-order chi connectivity index (χ1) is 7.80. The molecule has 1 aromatic carbocycles. The van der Waals surface area contributed by atoms with Crippen molar-refractivity contribution in [2.24, 2.45) is 5.41 Å². The fraction of sp³-hybridized carbons (Fsp3) is 0.571. The van der Waals surface area contributed by atoms with Gasteiger partial charge in [-0.2, -0.15) is 0 Å². The van der Waals surface area contributed by atoms with E-state index in [1.54, 1.807) is 0 Å². The highest BCUT2D eigenvalue weighted by molar-refractivity contribution is 6.30. The van der Waals surface area contributed by atoms with Crippen LogP contribution in [0.15, 0.2) is 24.3 Å². The number of benzene rings is 1. The minimum absolute atomic E-state index is 0.610. The summed E-state index contributed by atoms with van der Waals surface area (Å²) in [4.78, 5) is 0. The Labute approximate surface area is 102 Å². The summed E-state index contributed by atoms with van der Waals surface area (Å²) in [5, 5.41) is 4.38. The molecule has 1 aromatic rings. The zero-order valence-corrected chi connectivity index (χ0v) is 10.3. The summed E-state index contributed by atoms with van der Waals surface area (Å²) in [6, 6.07) is 8.47. The van der Waals surface area contributed by atoms with Gasteiger partial charge in [-0.25, -0.2) is 0 Å². The van der Waals surface area contributed by atoms with E-state index in [0.717, 1.165) is 11.6 Å². The van der Waals surface area contributed by atoms with E-state index in [1.807, 2.05) is 12.1 Å². The van der Waals surface area contributed by atoms with Gasteiger partial charge >= 0.3 is 0 Å². The lowest BCUT2D eigenvalue weighted by Crippen LogP contribution is -2.47. The van der Waals surface area contributed by atoms with Crippen LogP contribution in [-0.4, -0.2) is 13.1 Å². The van der Waals surface area contributed by atoms with Gasteiger partial charge in [0.25, 0.3) is 0 Å². The van der Waals surface area contributed by atoms with Crippen LogP contribution in [0.2, 0.25) is 5.02 Å². The van der Waals surface area contributed by atoms with E-state index in [9.17, 15) is 0 Å². The van der Waals surface area contributed by atoms with Gasteiger partial charge in [-0.15, -0.1) is 0 Å². The first-order valence-corrected chi connectivity index (χ1v) is 6.64. The monoisotopic (exact) mass is 235 g/mol. The van der Waals surface area contributed by atoms with Gasteiger partial charge in [-0.3, -0.25) is 0 Å². The molecule has 0 aromatic heterocycles. The molecule has 1 spiro atoms. The number of nitrogens with one attached hydrogen (secondary N) is 1. The Morgan fingerprint density at radius 2 is 1.88 bits per heavy atom. The molecule has 2 aliphatic rings. The highest BCUT2D eigenvalue weighted by Crippen LogP contribution is 2.54. The van der Waals surface area contributed by atoms with Gasteiger partial charge < -0.3 is 5.32 Å². The molecule has 1 nitrogen and oxygen atoms in total. The maximum absolute atomic E-state index is 5.95. The predicted molar refractivity (Wildman–Crippen MR) is 68.0 cm³/mol. The molecule has 1 aliphatic heterocycles. The minimum Gasteiger partial charge on any atom is -0.316 e. The predicted octanol–water partition coefficient (Wildman–Crippen LogP) is 3.59. The molecule has 1 unspecified atom stereocenters. The standard InChI is InChI=1S/C14H18ClN/c15-12-4-2-11(3-5-12)13-10-16-9-8-14(13)6-1-7-14/h2-5,13,16H,1,6-10H2. The van der Waals surface area contributed by atoms with Gasteiger partial charge in [-0.05, 0) is 48.9 Å². The third-order valence-electron chi connectivity index (χ3n) is 4.51. The third-order valence-corrected chi connectivity index (χ3v) is 4.76. The SMILES string of the molecule is Clc1ccc(C2CNCCC23CCC3)cc1. The van der Waals surface area contributed by atoms with E-state index >= 15 is 0 Å². The van der Waals surface area contributed by atoms with Crippen LogP contribution in [0.5, 0.6) is 0 Å².